The summed E-state index contributed by atoms with van der Waals surface area (Å²) in [5, 5.41) is 0.00132. The third kappa shape index (κ3) is 8.88. The van der Waals surface area contributed by atoms with Gasteiger partial charge in [-0.3, -0.25) is 14.2 Å². The summed E-state index contributed by atoms with van der Waals surface area (Å²) >= 11 is 0. The Kier molecular flexibility index (Phi) is 11.7. The van der Waals surface area contributed by atoms with E-state index in [1.165, 1.54) is 22.9 Å². The Morgan fingerprint density at radius 2 is 1.37 bits per heavy atom. The number of aromatic nitrogens is 2. The summed E-state index contributed by atoms with van der Waals surface area (Å²) in [7, 11) is -2.05. The summed E-state index contributed by atoms with van der Waals surface area (Å²) in [6.45, 7) is 10.8. The molecular weight excluding hydrogens is 669 g/mol. The van der Waals surface area contributed by atoms with Crippen LogP contribution in [0, 0.1) is 0 Å². The largest absolute Gasteiger partial charge is 0.459 e. The average Bonchev–Trinajstić information content (AvgIpc) is 3.52. The molecule has 1 fully saturated rings. The highest BCUT2D eigenvalue weighted by atomic mass is 28.4. The van der Waals surface area contributed by atoms with Gasteiger partial charge in [0.25, 0.3) is 11.5 Å². The van der Waals surface area contributed by atoms with E-state index in [9.17, 15) is 24.0 Å². The zero-order chi connectivity index (χ0) is 36.8. The molecular formula is C39H44N2O9Si. The highest BCUT2D eigenvalue weighted by Crippen LogP contribution is 2.36. The summed E-state index contributed by atoms with van der Waals surface area (Å²) in [5.41, 5.74) is -0.615. The molecule has 3 atom stereocenters. The molecule has 1 aromatic heterocycles. The Morgan fingerprint density at radius 3 is 1.94 bits per heavy atom. The molecule has 0 N–H and O–H groups in total. The molecule has 0 amide bonds. The van der Waals surface area contributed by atoms with Crippen LogP contribution < -0.4 is 11.2 Å². The number of aryl methyl sites for hydroxylation is 1. The van der Waals surface area contributed by atoms with Crippen LogP contribution in [0.1, 0.15) is 76.5 Å². The van der Waals surface area contributed by atoms with E-state index in [-0.39, 0.29) is 35.6 Å². The molecule has 2 heterocycles. The maximum Gasteiger partial charge on any atom is 0.340 e. The van der Waals surface area contributed by atoms with E-state index in [0.29, 0.717) is 28.7 Å². The topological polar surface area (TPSA) is 132 Å². The highest BCUT2D eigenvalue weighted by molar-refractivity contribution is 6.74. The van der Waals surface area contributed by atoms with Crippen molar-refractivity contribution in [1.82, 2.24) is 9.13 Å². The second-order valence-corrected chi connectivity index (χ2v) is 18.8. The first-order chi connectivity index (χ1) is 24.3. The minimum absolute atomic E-state index is 0.00132. The zero-order valence-electron chi connectivity index (χ0n) is 29.6. The van der Waals surface area contributed by atoms with Crippen molar-refractivity contribution < 1.29 is 33.0 Å². The Morgan fingerprint density at radius 1 is 0.824 bits per heavy atom. The molecule has 0 bridgehead atoms. The summed E-state index contributed by atoms with van der Waals surface area (Å²) in [5.74, 6) is -2.00. The summed E-state index contributed by atoms with van der Waals surface area (Å²) in [6, 6.07) is 24.9. The summed E-state index contributed by atoms with van der Waals surface area (Å²) in [4.78, 5) is 67.5. The van der Waals surface area contributed by atoms with Crippen molar-refractivity contribution in [2.75, 3.05) is 13.2 Å². The van der Waals surface area contributed by atoms with Crippen molar-refractivity contribution in [2.45, 2.75) is 76.6 Å². The van der Waals surface area contributed by atoms with Gasteiger partial charge in [-0.15, -0.1) is 0 Å². The van der Waals surface area contributed by atoms with Gasteiger partial charge in [0, 0.05) is 30.4 Å². The molecule has 4 aromatic rings. The van der Waals surface area contributed by atoms with Crippen molar-refractivity contribution in [3.05, 3.63) is 140 Å². The van der Waals surface area contributed by atoms with Crippen LogP contribution in [0.4, 0.5) is 0 Å². The van der Waals surface area contributed by atoms with Gasteiger partial charge in [0.2, 0.25) is 0 Å². The molecule has 11 nitrogen and oxygen atoms in total. The quantitative estimate of drug-likeness (QED) is 0.0983. The Bertz CT molecular complexity index is 1950. The maximum absolute atomic E-state index is 14.0. The van der Waals surface area contributed by atoms with Crippen LogP contribution in [-0.4, -0.2) is 60.7 Å². The van der Waals surface area contributed by atoms with E-state index in [2.05, 4.69) is 33.9 Å². The van der Waals surface area contributed by atoms with E-state index in [1.54, 1.807) is 78.9 Å². The number of carbonyl (C=O) groups excluding carboxylic acids is 3. The fourth-order valence-corrected chi connectivity index (χ4v) is 6.53. The third-order valence-electron chi connectivity index (χ3n) is 9.42. The van der Waals surface area contributed by atoms with Crippen molar-refractivity contribution >= 4 is 26.2 Å². The summed E-state index contributed by atoms with van der Waals surface area (Å²) < 4.78 is 25.8. The molecule has 12 heteroatoms. The Balaban J connectivity index is 1.46. The number of carbonyl (C=O) groups is 3. The second kappa shape index (κ2) is 16.0. The number of esters is 2. The maximum atomic E-state index is 14.0. The van der Waals surface area contributed by atoms with Crippen LogP contribution >= 0.6 is 0 Å². The van der Waals surface area contributed by atoms with E-state index in [0.717, 1.165) is 0 Å². The number of nitrogens with zero attached hydrogens (tertiary/aromatic N) is 2. The zero-order valence-corrected chi connectivity index (χ0v) is 30.6. The molecule has 0 unspecified atom stereocenters. The van der Waals surface area contributed by atoms with Crippen LogP contribution in [0.15, 0.2) is 107 Å². The van der Waals surface area contributed by atoms with Gasteiger partial charge in [-0.1, -0.05) is 75.4 Å². The lowest BCUT2D eigenvalue weighted by molar-refractivity contribution is -0.0585. The molecule has 3 aromatic carbocycles. The smallest absolute Gasteiger partial charge is 0.340 e. The average molecular weight is 713 g/mol. The predicted molar refractivity (Wildman–Crippen MR) is 193 cm³/mol. The Labute approximate surface area is 297 Å². The van der Waals surface area contributed by atoms with Gasteiger partial charge < -0.3 is 18.6 Å². The first-order valence-electron chi connectivity index (χ1n) is 17.0. The van der Waals surface area contributed by atoms with Crippen LogP contribution in [0.5, 0.6) is 0 Å². The minimum Gasteiger partial charge on any atom is -0.459 e. The first-order valence-corrected chi connectivity index (χ1v) is 19.9. The van der Waals surface area contributed by atoms with Crippen molar-refractivity contribution in [1.29, 1.82) is 0 Å². The number of hydrogen-bond acceptors (Lipinski definition) is 9. The molecule has 0 saturated carbocycles. The molecule has 0 radical (unpaired) electrons. The van der Waals surface area contributed by atoms with Gasteiger partial charge in [0.05, 0.1) is 11.1 Å². The molecule has 1 aliphatic rings. The van der Waals surface area contributed by atoms with Crippen LogP contribution in [0.3, 0.4) is 0 Å². The lowest BCUT2D eigenvalue weighted by atomic mass is 10.1. The van der Waals surface area contributed by atoms with Crippen molar-refractivity contribution in [3.8, 4) is 0 Å². The fraction of sp³-hybridized carbons (Fsp3) is 0.359. The fourth-order valence-electron chi connectivity index (χ4n) is 5.44. The van der Waals surface area contributed by atoms with Gasteiger partial charge in [-0.2, -0.15) is 4.57 Å². The third-order valence-corrected chi connectivity index (χ3v) is 14.0. The van der Waals surface area contributed by atoms with Crippen molar-refractivity contribution in [2.24, 2.45) is 0 Å². The molecule has 51 heavy (non-hydrogen) atoms. The SMILES string of the molecule is CC(C)(C)[Si](C)(C)OCCCc1cn([C@H]2C[C@H](OC(=O)c3ccccc3)[C@@H](COC(=O)c3ccccc3)O2)c(=O)n(C(=O)c2ccccc2)c1=O. The number of rotatable bonds is 12. The minimum atomic E-state index is -2.05. The lowest BCUT2D eigenvalue weighted by Gasteiger charge is -2.36. The second-order valence-electron chi connectivity index (χ2n) is 14.0. The van der Waals surface area contributed by atoms with E-state index in [1.807, 2.05) is 0 Å². The molecule has 0 aliphatic carbocycles. The monoisotopic (exact) mass is 712 g/mol. The molecule has 0 spiro atoms. The summed E-state index contributed by atoms with van der Waals surface area (Å²) in [6.07, 6.45) is -0.876. The van der Waals surface area contributed by atoms with E-state index in [4.69, 9.17) is 18.6 Å². The molecule has 1 aliphatic heterocycles. The molecule has 5 rings (SSSR count). The molecule has 268 valence electrons. The van der Waals surface area contributed by atoms with Gasteiger partial charge in [-0.25, -0.2) is 14.4 Å². The first kappa shape index (κ1) is 37.3. The lowest BCUT2D eigenvalue weighted by Crippen LogP contribution is -2.46. The van der Waals surface area contributed by atoms with Gasteiger partial charge in [0.15, 0.2) is 8.32 Å². The van der Waals surface area contributed by atoms with Gasteiger partial charge in [0.1, 0.15) is 25.0 Å². The van der Waals surface area contributed by atoms with Crippen molar-refractivity contribution in [3.63, 3.8) is 0 Å². The predicted octanol–water partition coefficient (Wildman–Crippen LogP) is 6.02. The number of benzene rings is 3. The Hall–Kier alpha value is -4.91. The number of hydrogen-bond donors (Lipinski definition) is 0. The van der Waals surface area contributed by atoms with Gasteiger partial charge >= 0.3 is 17.6 Å². The molecule has 1 saturated heterocycles. The van der Waals surface area contributed by atoms with Crippen LogP contribution in [-0.2, 0) is 25.1 Å². The standard InChI is InChI=1S/C39H44N2O9Si/c1-39(2,3)51(4,5)48-23-15-22-30-25-40(38(46)41(35(30)43)34(42)27-16-9-6-10-17-27)33-24-31(50-37(45)29-20-13-8-14-21-29)32(49-33)26-47-36(44)28-18-11-7-12-19-28/h6-14,16-21,25,31-33H,15,22-24,26H2,1-5H3/t31-,32+,33+/m0/s1. The van der Waals surface area contributed by atoms with Crippen LogP contribution in [0.25, 0.3) is 0 Å². The van der Waals surface area contributed by atoms with Crippen LogP contribution in [0.2, 0.25) is 18.1 Å². The number of ether oxygens (including phenoxy) is 3. The van der Waals surface area contributed by atoms with Gasteiger partial charge in [-0.05, 0) is 67.4 Å². The van der Waals surface area contributed by atoms with E-state index < -0.39 is 55.8 Å². The normalized spacial score (nSPS) is 17.5. The highest BCUT2D eigenvalue weighted by Gasteiger charge is 2.41. The van der Waals surface area contributed by atoms with E-state index >= 15 is 0 Å².